The Morgan fingerprint density at radius 3 is 2.19 bits per heavy atom. The smallest absolute Gasteiger partial charge is 0.151 e. The van der Waals surface area contributed by atoms with Crippen molar-refractivity contribution < 1.29 is 8.42 Å². The van der Waals surface area contributed by atoms with E-state index in [0.717, 1.165) is 13.1 Å². The molecule has 16 heavy (non-hydrogen) atoms. The van der Waals surface area contributed by atoms with E-state index in [1.165, 1.54) is 0 Å². The molecule has 0 radical (unpaired) electrons. The molecule has 0 aliphatic carbocycles. The van der Waals surface area contributed by atoms with E-state index in [0.29, 0.717) is 6.54 Å². The maximum absolute atomic E-state index is 11.3. The number of hydrogen-bond donors (Lipinski definition) is 1. The zero-order chi connectivity index (χ0) is 12.8. The third kappa shape index (κ3) is 9.12. The Labute approximate surface area is 100 Å². The van der Waals surface area contributed by atoms with Gasteiger partial charge in [-0.25, -0.2) is 8.42 Å². The number of hydrogen-bond acceptors (Lipinski definition) is 4. The first-order chi connectivity index (χ1) is 7.16. The van der Waals surface area contributed by atoms with E-state index in [-0.39, 0.29) is 17.0 Å². The topological polar surface area (TPSA) is 49.4 Å². The van der Waals surface area contributed by atoms with E-state index >= 15 is 0 Å². The molecule has 1 N–H and O–H groups in total. The minimum Gasteiger partial charge on any atom is -0.311 e. The quantitative estimate of drug-likeness (QED) is 0.724. The minimum absolute atomic E-state index is 0.121. The molecule has 0 aliphatic heterocycles. The summed E-state index contributed by atoms with van der Waals surface area (Å²) in [5.41, 5.74) is 0.121. The van der Waals surface area contributed by atoms with Gasteiger partial charge >= 0.3 is 0 Å². The molecule has 0 rings (SSSR count). The fraction of sp³-hybridized carbons (Fsp3) is 1.00. The van der Waals surface area contributed by atoms with Gasteiger partial charge in [0, 0.05) is 30.9 Å². The van der Waals surface area contributed by atoms with E-state index < -0.39 is 9.84 Å². The van der Waals surface area contributed by atoms with Crippen molar-refractivity contribution in [1.82, 2.24) is 10.2 Å². The van der Waals surface area contributed by atoms with Crippen molar-refractivity contribution in [2.75, 3.05) is 38.2 Å². The van der Waals surface area contributed by atoms with Crippen LogP contribution in [-0.2, 0) is 9.84 Å². The first-order valence-electron chi connectivity index (χ1n) is 5.80. The van der Waals surface area contributed by atoms with Gasteiger partial charge in [-0.3, -0.25) is 0 Å². The molecule has 0 atom stereocenters. The van der Waals surface area contributed by atoms with Gasteiger partial charge in [0.1, 0.15) is 0 Å². The third-order valence-electron chi connectivity index (χ3n) is 2.37. The number of nitrogens with one attached hydrogen (secondary N) is 1. The number of sulfone groups is 1. The Balaban J connectivity index is 3.72. The molecule has 5 heteroatoms. The van der Waals surface area contributed by atoms with Crippen LogP contribution in [0.3, 0.4) is 0 Å². The number of likely N-dealkylation sites (N-methyl/N-ethyl adjacent to an activating group) is 1. The summed E-state index contributed by atoms with van der Waals surface area (Å²) < 4.78 is 22.6. The van der Waals surface area contributed by atoms with Crippen molar-refractivity contribution in [2.45, 2.75) is 33.2 Å². The highest BCUT2D eigenvalue weighted by Crippen LogP contribution is 1.97. The second-order valence-electron chi connectivity index (χ2n) is 5.22. The summed E-state index contributed by atoms with van der Waals surface area (Å²) in [5, 5.41) is 3.37. The van der Waals surface area contributed by atoms with Gasteiger partial charge in [-0.2, -0.15) is 0 Å². The van der Waals surface area contributed by atoms with E-state index in [4.69, 9.17) is 0 Å². The van der Waals surface area contributed by atoms with Crippen molar-refractivity contribution in [1.29, 1.82) is 0 Å². The fourth-order valence-electron chi connectivity index (χ4n) is 1.17. The zero-order valence-electron chi connectivity index (χ0n) is 11.2. The van der Waals surface area contributed by atoms with Gasteiger partial charge in [-0.05, 0) is 27.8 Å². The molecule has 0 aromatic carbocycles. The van der Waals surface area contributed by atoms with Crippen LogP contribution in [0.4, 0.5) is 0 Å². The monoisotopic (exact) mass is 250 g/mol. The van der Waals surface area contributed by atoms with Crippen LogP contribution < -0.4 is 5.32 Å². The zero-order valence-corrected chi connectivity index (χ0v) is 12.0. The van der Waals surface area contributed by atoms with E-state index in [2.05, 4.69) is 26.1 Å². The maximum Gasteiger partial charge on any atom is 0.151 e. The SMILES string of the molecule is CCS(=O)(=O)CCN(C)CCNC(C)(C)C. The first-order valence-corrected chi connectivity index (χ1v) is 7.62. The van der Waals surface area contributed by atoms with Crippen molar-refractivity contribution in [2.24, 2.45) is 0 Å². The molecule has 0 aromatic rings. The molecular formula is C11H26N2O2S. The first kappa shape index (κ1) is 15.9. The maximum atomic E-state index is 11.3. The lowest BCUT2D eigenvalue weighted by Gasteiger charge is -2.23. The normalized spacial score (nSPS) is 13.4. The molecule has 4 nitrogen and oxygen atoms in total. The largest absolute Gasteiger partial charge is 0.311 e. The lowest BCUT2D eigenvalue weighted by atomic mass is 10.1. The average Bonchev–Trinajstić information content (AvgIpc) is 2.13. The molecule has 0 aliphatic rings. The summed E-state index contributed by atoms with van der Waals surface area (Å²) in [7, 11) is -0.876. The van der Waals surface area contributed by atoms with Crippen LogP contribution >= 0.6 is 0 Å². The minimum atomic E-state index is -2.83. The Kier molecular flexibility index (Phi) is 6.51. The van der Waals surface area contributed by atoms with Crippen molar-refractivity contribution in [3.05, 3.63) is 0 Å². The van der Waals surface area contributed by atoms with Gasteiger partial charge in [-0.1, -0.05) is 6.92 Å². The second-order valence-corrected chi connectivity index (χ2v) is 7.69. The molecule has 0 heterocycles. The summed E-state index contributed by atoms with van der Waals surface area (Å²) in [5.74, 6) is 0.497. The van der Waals surface area contributed by atoms with Crippen molar-refractivity contribution in [3.8, 4) is 0 Å². The van der Waals surface area contributed by atoms with Crippen molar-refractivity contribution in [3.63, 3.8) is 0 Å². The lowest BCUT2D eigenvalue weighted by Crippen LogP contribution is -2.41. The average molecular weight is 250 g/mol. The molecule has 0 aromatic heterocycles. The standard InChI is InChI=1S/C11H26N2O2S/c1-6-16(14,15)10-9-13(5)8-7-12-11(2,3)4/h12H,6-10H2,1-5H3. The van der Waals surface area contributed by atoms with Gasteiger partial charge in [0.15, 0.2) is 9.84 Å². The summed E-state index contributed by atoms with van der Waals surface area (Å²) in [6.45, 7) is 10.4. The fourth-order valence-corrected chi connectivity index (χ4v) is 2.05. The molecule has 0 saturated heterocycles. The molecule has 0 spiro atoms. The highest BCUT2D eigenvalue weighted by molar-refractivity contribution is 7.91. The highest BCUT2D eigenvalue weighted by atomic mass is 32.2. The lowest BCUT2D eigenvalue weighted by molar-refractivity contribution is 0.322. The van der Waals surface area contributed by atoms with Crippen LogP contribution in [0.15, 0.2) is 0 Å². The molecule has 98 valence electrons. The van der Waals surface area contributed by atoms with E-state index in [1.807, 2.05) is 11.9 Å². The molecule has 0 bridgehead atoms. The molecule has 0 unspecified atom stereocenters. The van der Waals surface area contributed by atoms with Gasteiger partial charge in [0.25, 0.3) is 0 Å². The Morgan fingerprint density at radius 2 is 1.75 bits per heavy atom. The Bertz CT molecular complexity index is 281. The molecule has 0 fully saturated rings. The molecule has 0 amide bonds. The van der Waals surface area contributed by atoms with Crippen LogP contribution in [0.2, 0.25) is 0 Å². The highest BCUT2D eigenvalue weighted by Gasteiger charge is 2.11. The Hall–Kier alpha value is -0.130. The summed E-state index contributed by atoms with van der Waals surface area (Å²) in [4.78, 5) is 2.05. The van der Waals surface area contributed by atoms with Crippen molar-refractivity contribution >= 4 is 9.84 Å². The van der Waals surface area contributed by atoms with Crippen LogP contribution in [0.1, 0.15) is 27.7 Å². The van der Waals surface area contributed by atoms with E-state index in [9.17, 15) is 8.42 Å². The van der Waals surface area contributed by atoms with Gasteiger partial charge in [-0.15, -0.1) is 0 Å². The number of nitrogens with zero attached hydrogens (tertiary/aromatic N) is 1. The Morgan fingerprint density at radius 1 is 1.19 bits per heavy atom. The summed E-state index contributed by atoms with van der Waals surface area (Å²) in [6.07, 6.45) is 0. The molecule has 0 saturated carbocycles. The van der Waals surface area contributed by atoms with E-state index in [1.54, 1.807) is 6.92 Å². The van der Waals surface area contributed by atoms with Gasteiger partial charge in [0.2, 0.25) is 0 Å². The van der Waals surface area contributed by atoms with Crippen LogP contribution in [0.5, 0.6) is 0 Å². The summed E-state index contributed by atoms with van der Waals surface area (Å²) >= 11 is 0. The van der Waals surface area contributed by atoms with Gasteiger partial charge in [0.05, 0.1) is 5.75 Å². The summed E-state index contributed by atoms with van der Waals surface area (Å²) in [6, 6.07) is 0. The molecular weight excluding hydrogens is 224 g/mol. The number of rotatable bonds is 7. The second kappa shape index (κ2) is 6.57. The third-order valence-corrected chi connectivity index (χ3v) is 4.06. The van der Waals surface area contributed by atoms with Gasteiger partial charge < -0.3 is 10.2 Å². The predicted molar refractivity (Wildman–Crippen MR) is 69.6 cm³/mol. The van der Waals surface area contributed by atoms with Crippen LogP contribution in [-0.4, -0.2) is 57.0 Å². The predicted octanol–water partition coefficient (Wildman–Crippen LogP) is 0.741. The van der Waals surface area contributed by atoms with Crippen LogP contribution in [0.25, 0.3) is 0 Å². The van der Waals surface area contributed by atoms with Crippen LogP contribution in [0, 0.1) is 0 Å².